The Kier molecular flexibility index (Phi) is 3.56. The van der Waals surface area contributed by atoms with Gasteiger partial charge in [0, 0.05) is 26.2 Å². The van der Waals surface area contributed by atoms with E-state index in [4.69, 9.17) is 5.26 Å². The molecule has 2 aliphatic rings. The van der Waals surface area contributed by atoms with Crippen LogP contribution in [-0.4, -0.2) is 42.0 Å². The summed E-state index contributed by atoms with van der Waals surface area (Å²) in [4.78, 5) is 16.1. The predicted octanol–water partition coefficient (Wildman–Crippen LogP) is 2.22. The van der Waals surface area contributed by atoms with Crippen LogP contribution in [0.3, 0.4) is 0 Å². The van der Waals surface area contributed by atoms with Crippen molar-refractivity contribution in [2.75, 3.05) is 26.2 Å². The van der Waals surface area contributed by atoms with Crippen LogP contribution in [0.4, 0.5) is 4.79 Å². The Morgan fingerprint density at radius 3 is 2.12 bits per heavy atom. The van der Waals surface area contributed by atoms with Gasteiger partial charge in [-0.25, -0.2) is 4.79 Å². The first-order chi connectivity index (χ1) is 8.14. The highest BCUT2D eigenvalue weighted by atomic mass is 16.2. The molecule has 94 valence electrons. The SMILES string of the molecule is CC1(C#N)CCN(C(=O)N2CCCCC2)CC1. The number of piperidine rings is 2. The maximum absolute atomic E-state index is 12.2. The Bertz CT molecular complexity index is 320. The average molecular weight is 235 g/mol. The molecular formula is C13H21N3O. The van der Waals surface area contributed by atoms with Gasteiger partial charge >= 0.3 is 6.03 Å². The van der Waals surface area contributed by atoms with E-state index in [1.807, 2.05) is 16.7 Å². The maximum atomic E-state index is 12.2. The van der Waals surface area contributed by atoms with Gasteiger partial charge in [0.05, 0.1) is 11.5 Å². The highest BCUT2D eigenvalue weighted by Gasteiger charge is 2.33. The van der Waals surface area contributed by atoms with Gasteiger partial charge < -0.3 is 9.80 Å². The lowest BCUT2D eigenvalue weighted by atomic mass is 9.82. The molecule has 0 aromatic rings. The molecule has 0 spiro atoms. The van der Waals surface area contributed by atoms with Gasteiger partial charge in [0.1, 0.15) is 0 Å². The summed E-state index contributed by atoms with van der Waals surface area (Å²) in [5.74, 6) is 0. The molecule has 0 aromatic heterocycles. The summed E-state index contributed by atoms with van der Waals surface area (Å²) in [7, 11) is 0. The molecule has 2 saturated heterocycles. The zero-order chi connectivity index (χ0) is 12.3. The fourth-order valence-corrected chi connectivity index (χ4v) is 2.59. The van der Waals surface area contributed by atoms with Crippen LogP contribution in [0.25, 0.3) is 0 Å². The van der Waals surface area contributed by atoms with Gasteiger partial charge in [-0.05, 0) is 39.0 Å². The third-order valence-corrected chi connectivity index (χ3v) is 4.03. The largest absolute Gasteiger partial charge is 0.325 e. The van der Waals surface area contributed by atoms with Gasteiger partial charge in [-0.1, -0.05) is 0 Å². The summed E-state index contributed by atoms with van der Waals surface area (Å²) in [5.41, 5.74) is -0.224. The minimum atomic E-state index is -0.224. The molecule has 0 radical (unpaired) electrons. The number of carbonyl (C=O) groups excluding carboxylic acids is 1. The molecule has 4 heteroatoms. The zero-order valence-electron chi connectivity index (χ0n) is 10.6. The van der Waals surface area contributed by atoms with Crippen molar-refractivity contribution < 1.29 is 4.79 Å². The Hall–Kier alpha value is -1.24. The number of carbonyl (C=O) groups is 1. The van der Waals surface area contributed by atoms with E-state index in [9.17, 15) is 4.79 Å². The van der Waals surface area contributed by atoms with Crippen LogP contribution in [0.1, 0.15) is 39.0 Å². The van der Waals surface area contributed by atoms with Crippen molar-refractivity contribution in [3.05, 3.63) is 0 Å². The number of nitriles is 1. The number of rotatable bonds is 0. The van der Waals surface area contributed by atoms with Gasteiger partial charge in [0.25, 0.3) is 0 Å². The van der Waals surface area contributed by atoms with E-state index in [2.05, 4.69) is 6.07 Å². The maximum Gasteiger partial charge on any atom is 0.319 e. The molecule has 0 aliphatic carbocycles. The van der Waals surface area contributed by atoms with Crippen LogP contribution in [0, 0.1) is 16.7 Å². The van der Waals surface area contributed by atoms with E-state index in [-0.39, 0.29) is 11.4 Å². The Morgan fingerprint density at radius 2 is 1.59 bits per heavy atom. The molecule has 0 unspecified atom stereocenters. The minimum Gasteiger partial charge on any atom is -0.325 e. The molecule has 2 aliphatic heterocycles. The number of amides is 2. The van der Waals surface area contributed by atoms with E-state index in [0.29, 0.717) is 0 Å². The molecule has 0 atom stereocenters. The second-order valence-electron chi connectivity index (χ2n) is 5.49. The number of hydrogen-bond donors (Lipinski definition) is 0. The summed E-state index contributed by atoms with van der Waals surface area (Å²) < 4.78 is 0. The second-order valence-corrected chi connectivity index (χ2v) is 5.49. The van der Waals surface area contributed by atoms with E-state index in [1.165, 1.54) is 6.42 Å². The lowest BCUT2D eigenvalue weighted by Gasteiger charge is -2.38. The van der Waals surface area contributed by atoms with Gasteiger partial charge in [-0.3, -0.25) is 0 Å². The normalized spacial score (nSPS) is 24.2. The van der Waals surface area contributed by atoms with Crippen molar-refractivity contribution in [2.45, 2.75) is 39.0 Å². The molecule has 0 aromatic carbocycles. The van der Waals surface area contributed by atoms with Crippen LogP contribution in [-0.2, 0) is 0 Å². The first kappa shape index (κ1) is 12.2. The lowest BCUT2D eigenvalue weighted by Crippen LogP contribution is -2.49. The Balaban J connectivity index is 1.88. The van der Waals surface area contributed by atoms with Crippen molar-refractivity contribution in [2.24, 2.45) is 5.41 Å². The summed E-state index contributed by atoms with van der Waals surface area (Å²) in [6, 6.07) is 2.55. The Morgan fingerprint density at radius 1 is 1.06 bits per heavy atom. The fraction of sp³-hybridized carbons (Fsp3) is 0.846. The first-order valence-electron chi connectivity index (χ1n) is 6.60. The van der Waals surface area contributed by atoms with E-state index in [0.717, 1.165) is 51.9 Å². The van der Waals surface area contributed by atoms with Crippen LogP contribution >= 0.6 is 0 Å². The molecule has 0 saturated carbocycles. The third kappa shape index (κ3) is 2.71. The van der Waals surface area contributed by atoms with Gasteiger partial charge in [0.15, 0.2) is 0 Å². The van der Waals surface area contributed by atoms with Crippen LogP contribution in [0.15, 0.2) is 0 Å². The second kappa shape index (κ2) is 4.95. The number of urea groups is 1. The van der Waals surface area contributed by atoms with Crippen LogP contribution in [0.2, 0.25) is 0 Å². The third-order valence-electron chi connectivity index (χ3n) is 4.03. The molecule has 2 heterocycles. The first-order valence-corrected chi connectivity index (χ1v) is 6.60. The molecule has 0 bridgehead atoms. The predicted molar refractivity (Wildman–Crippen MR) is 65.3 cm³/mol. The monoisotopic (exact) mass is 235 g/mol. The summed E-state index contributed by atoms with van der Waals surface area (Å²) in [6.07, 6.45) is 5.13. The fourth-order valence-electron chi connectivity index (χ4n) is 2.59. The van der Waals surface area contributed by atoms with Crippen LogP contribution in [0.5, 0.6) is 0 Å². The summed E-state index contributed by atoms with van der Waals surface area (Å²) in [5, 5.41) is 9.06. The van der Waals surface area contributed by atoms with Crippen molar-refractivity contribution in [3.8, 4) is 6.07 Å². The molecule has 4 nitrogen and oxygen atoms in total. The van der Waals surface area contributed by atoms with Gasteiger partial charge in [0.2, 0.25) is 0 Å². The molecule has 17 heavy (non-hydrogen) atoms. The molecule has 2 amide bonds. The molecule has 0 N–H and O–H groups in total. The van der Waals surface area contributed by atoms with Gasteiger partial charge in [-0.2, -0.15) is 5.26 Å². The molecule has 2 rings (SSSR count). The minimum absolute atomic E-state index is 0.185. The smallest absolute Gasteiger partial charge is 0.319 e. The molecule has 2 fully saturated rings. The van der Waals surface area contributed by atoms with Crippen molar-refractivity contribution in [3.63, 3.8) is 0 Å². The molecular weight excluding hydrogens is 214 g/mol. The van der Waals surface area contributed by atoms with E-state index in [1.54, 1.807) is 0 Å². The average Bonchev–Trinajstić information content (AvgIpc) is 2.40. The van der Waals surface area contributed by atoms with Crippen molar-refractivity contribution in [1.29, 1.82) is 5.26 Å². The highest BCUT2D eigenvalue weighted by molar-refractivity contribution is 5.74. The standard InChI is InChI=1S/C13H21N3O/c1-13(11-14)5-9-16(10-6-13)12(17)15-7-3-2-4-8-15/h2-10H2,1H3. The summed E-state index contributed by atoms with van der Waals surface area (Å²) in [6.45, 7) is 5.28. The number of hydrogen-bond acceptors (Lipinski definition) is 2. The quantitative estimate of drug-likeness (QED) is 0.646. The summed E-state index contributed by atoms with van der Waals surface area (Å²) >= 11 is 0. The van der Waals surface area contributed by atoms with E-state index >= 15 is 0 Å². The van der Waals surface area contributed by atoms with Crippen molar-refractivity contribution in [1.82, 2.24) is 9.80 Å². The topological polar surface area (TPSA) is 47.3 Å². The lowest BCUT2D eigenvalue weighted by molar-refractivity contribution is 0.116. The number of likely N-dealkylation sites (tertiary alicyclic amines) is 2. The van der Waals surface area contributed by atoms with Crippen LogP contribution < -0.4 is 0 Å². The van der Waals surface area contributed by atoms with Gasteiger partial charge in [-0.15, -0.1) is 0 Å². The highest BCUT2D eigenvalue weighted by Crippen LogP contribution is 2.30. The number of nitrogens with zero attached hydrogens (tertiary/aromatic N) is 3. The Labute approximate surface area is 103 Å². The zero-order valence-corrected chi connectivity index (χ0v) is 10.6. The van der Waals surface area contributed by atoms with E-state index < -0.39 is 0 Å². The van der Waals surface area contributed by atoms with Crippen molar-refractivity contribution >= 4 is 6.03 Å².